The number of fused-ring (bicyclic) bond motifs is 3. The van der Waals surface area contributed by atoms with Crippen LogP contribution in [0.5, 0.6) is 0 Å². The van der Waals surface area contributed by atoms with Crippen LogP contribution >= 0.6 is 0 Å². The molecular formula is C21H23N3O4S. The number of sulfone groups is 1. The fourth-order valence-electron chi connectivity index (χ4n) is 3.79. The summed E-state index contributed by atoms with van der Waals surface area (Å²) < 4.78 is 28.7. The first-order chi connectivity index (χ1) is 14.0. The molecule has 1 saturated heterocycles. The van der Waals surface area contributed by atoms with Crippen LogP contribution in [0, 0.1) is 0 Å². The largest absolute Gasteiger partial charge is 0.383 e. The van der Waals surface area contributed by atoms with Gasteiger partial charge in [0.1, 0.15) is 0 Å². The van der Waals surface area contributed by atoms with E-state index in [4.69, 9.17) is 4.74 Å². The van der Waals surface area contributed by atoms with E-state index < -0.39 is 9.84 Å². The number of hydrogen-bond acceptors (Lipinski definition) is 5. The number of ether oxygens (including phenoxy) is 1. The molecule has 0 aliphatic carbocycles. The summed E-state index contributed by atoms with van der Waals surface area (Å²) in [5, 5.41) is 2.14. The number of H-pyrrole nitrogens is 1. The Balaban J connectivity index is 1.57. The second kappa shape index (κ2) is 7.96. The number of carbonyl (C=O) groups excluding carboxylic acids is 1. The van der Waals surface area contributed by atoms with Crippen molar-refractivity contribution in [2.45, 2.75) is 12.5 Å². The maximum Gasteiger partial charge on any atom is 0.246 e. The van der Waals surface area contributed by atoms with Gasteiger partial charge in [0.25, 0.3) is 0 Å². The van der Waals surface area contributed by atoms with Crippen LogP contribution in [-0.4, -0.2) is 67.0 Å². The maximum absolute atomic E-state index is 12.8. The summed E-state index contributed by atoms with van der Waals surface area (Å²) in [6.07, 6.45) is 5.35. The lowest BCUT2D eigenvalue weighted by atomic mass is 10.1. The van der Waals surface area contributed by atoms with Crippen molar-refractivity contribution in [3.8, 4) is 0 Å². The summed E-state index contributed by atoms with van der Waals surface area (Å²) in [4.78, 5) is 22.1. The molecule has 152 valence electrons. The molecule has 29 heavy (non-hydrogen) atoms. The maximum atomic E-state index is 12.8. The number of carbonyl (C=O) groups is 1. The molecule has 1 fully saturated rings. The van der Waals surface area contributed by atoms with Gasteiger partial charge in [-0.3, -0.25) is 9.78 Å². The fraction of sp³-hybridized carbons (Fsp3) is 0.333. The van der Waals surface area contributed by atoms with Gasteiger partial charge in [0.15, 0.2) is 9.84 Å². The summed E-state index contributed by atoms with van der Waals surface area (Å²) >= 11 is 0. The highest BCUT2D eigenvalue weighted by atomic mass is 32.2. The minimum absolute atomic E-state index is 0.00976. The van der Waals surface area contributed by atoms with Crippen molar-refractivity contribution in [2.24, 2.45) is 0 Å². The average Bonchev–Trinajstić information content (AvgIpc) is 3.26. The lowest BCUT2D eigenvalue weighted by molar-refractivity contribution is -0.128. The lowest BCUT2D eigenvalue weighted by Crippen LogP contribution is -2.42. The fourth-order valence-corrected chi connectivity index (χ4v) is 5.52. The summed E-state index contributed by atoms with van der Waals surface area (Å²) in [7, 11) is -1.52. The number of aromatic amines is 1. The Morgan fingerprint density at radius 1 is 1.31 bits per heavy atom. The van der Waals surface area contributed by atoms with Crippen LogP contribution in [0.15, 0.2) is 42.6 Å². The van der Waals surface area contributed by atoms with E-state index in [2.05, 4.69) is 9.97 Å². The number of aromatic nitrogens is 2. The molecule has 0 spiro atoms. The number of benzene rings is 1. The molecule has 0 saturated carbocycles. The zero-order valence-corrected chi connectivity index (χ0v) is 17.0. The van der Waals surface area contributed by atoms with Crippen molar-refractivity contribution in [3.05, 3.63) is 48.3 Å². The molecule has 2 aromatic heterocycles. The highest BCUT2D eigenvalue weighted by Gasteiger charge is 2.33. The van der Waals surface area contributed by atoms with E-state index in [1.54, 1.807) is 24.3 Å². The van der Waals surface area contributed by atoms with Crippen molar-refractivity contribution in [3.63, 3.8) is 0 Å². The Morgan fingerprint density at radius 2 is 2.14 bits per heavy atom. The number of pyridine rings is 1. The normalized spacial score (nSPS) is 18.7. The van der Waals surface area contributed by atoms with Gasteiger partial charge in [0, 0.05) is 42.1 Å². The van der Waals surface area contributed by atoms with E-state index >= 15 is 0 Å². The topological polar surface area (TPSA) is 92.4 Å². The Labute approximate surface area is 169 Å². The van der Waals surface area contributed by atoms with E-state index in [1.807, 2.05) is 30.3 Å². The standard InChI is InChI=1S/C21H23N3O4S/c1-28-10-9-24(16-8-11-29(26,27)14-16)21(25)7-6-15-12-18-17-4-2-3-5-19(17)23-20(18)13-22-15/h2-7,12-13,16,23H,8-11,14H2,1H3/b7-6+. The highest BCUT2D eigenvalue weighted by Crippen LogP contribution is 2.25. The second-order valence-corrected chi connectivity index (χ2v) is 9.47. The number of amides is 1. The highest BCUT2D eigenvalue weighted by molar-refractivity contribution is 7.91. The molecule has 1 amide bonds. The Bertz CT molecular complexity index is 1180. The molecule has 0 radical (unpaired) electrons. The van der Waals surface area contributed by atoms with Crippen LogP contribution in [0.25, 0.3) is 27.9 Å². The van der Waals surface area contributed by atoms with Crippen molar-refractivity contribution in [1.82, 2.24) is 14.9 Å². The second-order valence-electron chi connectivity index (χ2n) is 7.24. The number of para-hydroxylation sites is 1. The molecular weight excluding hydrogens is 390 g/mol. The monoisotopic (exact) mass is 413 g/mol. The van der Waals surface area contributed by atoms with Gasteiger partial charge in [-0.1, -0.05) is 18.2 Å². The first-order valence-corrected chi connectivity index (χ1v) is 11.3. The Morgan fingerprint density at radius 3 is 2.90 bits per heavy atom. The van der Waals surface area contributed by atoms with Gasteiger partial charge in [-0.25, -0.2) is 8.42 Å². The van der Waals surface area contributed by atoms with E-state index in [-0.39, 0.29) is 23.5 Å². The van der Waals surface area contributed by atoms with Crippen LogP contribution in [0.2, 0.25) is 0 Å². The summed E-state index contributed by atoms with van der Waals surface area (Å²) in [6, 6.07) is 9.65. The van der Waals surface area contributed by atoms with Crippen molar-refractivity contribution < 1.29 is 17.9 Å². The minimum atomic E-state index is -3.08. The first-order valence-electron chi connectivity index (χ1n) is 9.51. The SMILES string of the molecule is COCCN(C(=O)/C=C/c1cc2c(cn1)[nH]c1ccccc12)C1CCS(=O)(=O)C1. The molecule has 3 heterocycles. The van der Waals surface area contributed by atoms with Gasteiger partial charge < -0.3 is 14.6 Å². The van der Waals surface area contributed by atoms with Crippen LogP contribution in [0.3, 0.4) is 0 Å². The number of nitrogens with zero attached hydrogens (tertiary/aromatic N) is 2. The van der Waals surface area contributed by atoms with Crippen molar-refractivity contribution >= 4 is 43.6 Å². The first kappa shape index (κ1) is 19.6. The van der Waals surface area contributed by atoms with Gasteiger partial charge in [-0.05, 0) is 24.6 Å². The van der Waals surface area contributed by atoms with Gasteiger partial charge in [0.05, 0.1) is 35.5 Å². The number of hydrogen-bond donors (Lipinski definition) is 1. The summed E-state index contributed by atoms with van der Waals surface area (Å²) in [5.74, 6) is -0.0998. The number of rotatable bonds is 6. The Hall–Kier alpha value is -2.71. The van der Waals surface area contributed by atoms with Crippen LogP contribution in [0.1, 0.15) is 12.1 Å². The molecule has 7 nitrogen and oxygen atoms in total. The number of nitrogens with one attached hydrogen (secondary N) is 1. The van der Waals surface area contributed by atoms with Gasteiger partial charge >= 0.3 is 0 Å². The van der Waals surface area contributed by atoms with E-state index in [0.717, 1.165) is 21.8 Å². The van der Waals surface area contributed by atoms with E-state index in [0.29, 0.717) is 25.3 Å². The molecule has 1 aromatic carbocycles. The lowest BCUT2D eigenvalue weighted by Gasteiger charge is -2.26. The summed E-state index contributed by atoms with van der Waals surface area (Å²) in [5.41, 5.74) is 2.64. The van der Waals surface area contributed by atoms with Gasteiger partial charge in [-0.2, -0.15) is 0 Å². The molecule has 4 rings (SSSR count). The minimum Gasteiger partial charge on any atom is -0.383 e. The molecule has 0 bridgehead atoms. The van der Waals surface area contributed by atoms with Gasteiger partial charge in [-0.15, -0.1) is 0 Å². The molecule has 1 aliphatic heterocycles. The molecule has 3 aromatic rings. The molecule has 1 atom stereocenters. The van der Waals surface area contributed by atoms with Crippen molar-refractivity contribution in [1.29, 1.82) is 0 Å². The summed E-state index contributed by atoms with van der Waals surface area (Å²) in [6.45, 7) is 0.713. The zero-order valence-electron chi connectivity index (χ0n) is 16.2. The molecule has 1 N–H and O–H groups in total. The van der Waals surface area contributed by atoms with Crippen LogP contribution < -0.4 is 0 Å². The average molecular weight is 413 g/mol. The van der Waals surface area contributed by atoms with E-state index in [1.165, 1.54) is 6.08 Å². The predicted molar refractivity (Wildman–Crippen MR) is 113 cm³/mol. The van der Waals surface area contributed by atoms with E-state index in [9.17, 15) is 13.2 Å². The Kier molecular flexibility index (Phi) is 5.38. The quantitative estimate of drug-likeness (QED) is 0.627. The molecule has 8 heteroatoms. The molecule has 1 aliphatic rings. The van der Waals surface area contributed by atoms with Gasteiger partial charge in [0.2, 0.25) is 5.91 Å². The smallest absolute Gasteiger partial charge is 0.246 e. The predicted octanol–water partition coefficient (Wildman–Crippen LogP) is 2.39. The van der Waals surface area contributed by atoms with Crippen LogP contribution in [0.4, 0.5) is 0 Å². The zero-order chi connectivity index (χ0) is 20.4. The van der Waals surface area contributed by atoms with Crippen LogP contribution in [-0.2, 0) is 19.4 Å². The number of methoxy groups -OCH3 is 1. The van der Waals surface area contributed by atoms with Crippen molar-refractivity contribution in [2.75, 3.05) is 31.8 Å². The third-order valence-electron chi connectivity index (χ3n) is 5.28. The molecule has 1 unspecified atom stereocenters. The third kappa shape index (κ3) is 4.18. The third-order valence-corrected chi connectivity index (χ3v) is 7.03.